The molecule has 1 aliphatic heterocycles. The molecule has 4 aromatic rings. The van der Waals surface area contributed by atoms with Gasteiger partial charge in [0.15, 0.2) is 0 Å². The molecule has 1 fully saturated rings. The molecule has 0 unspecified atom stereocenters. The summed E-state index contributed by atoms with van der Waals surface area (Å²) >= 11 is 0. The first-order chi connectivity index (χ1) is 14.8. The van der Waals surface area contributed by atoms with Crippen molar-refractivity contribution in [1.82, 2.24) is 14.5 Å². The smallest absolute Gasteiger partial charge is 0.138 e. The van der Waals surface area contributed by atoms with E-state index in [-0.39, 0.29) is 0 Å². The van der Waals surface area contributed by atoms with Crippen LogP contribution in [-0.4, -0.2) is 40.8 Å². The number of aromatic nitrogens is 3. The molecule has 1 aromatic carbocycles. The number of morpholine rings is 1. The van der Waals surface area contributed by atoms with Crippen molar-refractivity contribution >= 4 is 16.7 Å². The number of rotatable bonds is 4. The van der Waals surface area contributed by atoms with Crippen LogP contribution in [0.1, 0.15) is 11.1 Å². The lowest BCUT2D eigenvalue weighted by atomic mass is 10.0. The minimum atomic E-state index is 0.629. The van der Waals surface area contributed by atoms with E-state index in [9.17, 15) is 5.26 Å². The Bertz CT molecular complexity index is 1220. The Morgan fingerprint density at radius 2 is 1.83 bits per heavy atom. The van der Waals surface area contributed by atoms with Crippen LogP contribution >= 0.6 is 0 Å². The Hall–Kier alpha value is -3.69. The second-order valence-electron chi connectivity index (χ2n) is 7.32. The van der Waals surface area contributed by atoms with E-state index < -0.39 is 0 Å². The minimum absolute atomic E-state index is 0.629. The second-order valence-corrected chi connectivity index (χ2v) is 7.32. The number of hydrogen-bond acceptors (Lipinski definition) is 5. The topological polar surface area (TPSA) is 67.0 Å². The molecule has 0 atom stereocenters. The average Bonchev–Trinajstić information content (AvgIpc) is 3.22. The van der Waals surface area contributed by atoms with E-state index in [2.05, 4.69) is 38.8 Å². The Morgan fingerprint density at radius 1 is 1.03 bits per heavy atom. The van der Waals surface area contributed by atoms with Crippen LogP contribution in [0.2, 0.25) is 0 Å². The Morgan fingerprint density at radius 3 is 2.63 bits per heavy atom. The lowest BCUT2D eigenvalue weighted by molar-refractivity contribution is 0.122. The molecule has 1 saturated heterocycles. The Balaban J connectivity index is 1.68. The summed E-state index contributed by atoms with van der Waals surface area (Å²) in [4.78, 5) is 11.4. The monoisotopic (exact) mass is 395 g/mol. The molecule has 0 bridgehead atoms. The first kappa shape index (κ1) is 18.3. The number of fused-ring (bicyclic) bond motifs is 1. The van der Waals surface area contributed by atoms with Crippen LogP contribution in [0.25, 0.3) is 22.2 Å². The molecule has 5 rings (SSSR count). The highest BCUT2D eigenvalue weighted by Gasteiger charge is 2.19. The Kier molecular flexibility index (Phi) is 4.88. The van der Waals surface area contributed by atoms with Gasteiger partial charge < -0.3 is 14.2 Å². The van der Waals surface area contributed by atoms with Gasteiger partial charge in [-0.2, -0.15) is 5.26 Å². The molecule has 0 aliphatic carbocycles. The molecule has 0 saturated carbocycles. The van der Waals surface area contributed by atoms with Crippen molar-refractivity contribution < 1.29 is 4.74 Å². The SMILES string of the molecule is N#Cc1ccccc1-c1cc2c(ccn2Cc2ccncc2)c(N2CCOCC2)n1. The highest BCUT2D eigenvalue weighted by Crippen LogP contribution is 2.33. The third-order valence-corrected chi connectivity index (χ3v) is 5.48. The zero-order valence-electron chi connectivity index (χ0n) is 16.5. The van der Waals surface area contributed by atoms with Gasteiger partial charge in [0.1, 0.15) is 5.82 Å². The lowest BCUT2D eigenvalue weighted by Crippen LogP contribution is -2.36. The van der Waals surface area contributed by atoms with Crippen LogP contribution in [0.3, 0.4) is 0 Å². The Labute approximate surface area is 175 Å². The van der Waals surface area contributed by atoms with Gasteiger partial charge in [-0.1, -0.05) is 18.2 Å². The van der Waals surface area contributed by atoms with E-state index >= 15 is 0 Å². The number of pyridine rings is 2. The second kappa shape index (κ2) is 7.97. The average molecular weight is 395 g/mol. The van der Waals surface area contributed by atoms with E-state index in [4.69, 9.17) is 9.72 Å². The molecule has 1 aliphatic rings. The van der Waals surface area contributed by atoms with Crippen LogP contribution < -0.4 is 4.90 Å². The van der Waals surface area contributed by atoms with Crippen molar-refractivity contribution in [2.75, 3.05) is 31.2 Å². The van der Waals surface area contributed by atoms with Crippen molar-refractivity contribution in [3.63, 3.8) is 0 Å². The predicted octanol–water partition coefficient (Wildman–Crippen LogP) is 3.85. The maximum Gasteiger partial charge on any atom is 0.138 e. The summed E-state index contributed by atoms with van der Waals surface area (Å²) in [5.74, 6) is 0.951. The molecule has 3 aromatic heterocycles. The zero-order chi connectivity index (χ0) is 20.3. The largest absolute Gasteiger partial charge is 0.378 e. The molecule has 0 spiro atoms. The molecule has 0 N–H and O–H groups in total. The van der Waals surface area contributed by atoms with Gasteiger partial charge in [-0.3, -0.25) is 4.98 Å². The first-order valence-electron chi connectivity index (χ1n) is 10.0. The number of ether oxygens (including phenoxy) is 1. The molecular formula is C24H21N5O. The van der Waals surface area contributed by atoms with E-state index in [0.717, 1.165) is 47.6 Å². The van der Waals surface area contributed by atoms with Gasteiger partial charge in [0, 0.05) is 49.2 Å². The van der Waals surface area contributed by atoms with Crippen molar-refractivity contribution in [3.8, 4) is 17.3 Å². The number of nitrogens with zero attached hydrogens (tertiary/aromatic N) is 5. The lowest BCUT2D eigenvalue weighted by Gasteiger charge is -2.29. The van der Waals surface area contributed by atoms with Crippen molar-refractivity contribution in [2.24, 2.45) is 0 Å². The van der Waals surface area contributed by atoms with Gasteiger partial charge in [0.05, 0.1) is 36.1 Å². The van der Waals surface area contributed by atoms with E-state index in [1.165, 1.54) is 5.56 Å². The van der Waals surface area contributed by atoms with Gasteiger partial charge in [-0.25, -0.2) is 4.98 Å². The maximum atomic E-state index is 9.60. The fraction of sp³-hybridized carbons (Fsp3) is 0.208. The van der Waals surface area contributed by atoms with Crippen molar-refractivity contribution in [2.45, 2.75) is 6.54 Å². The summed E-state index contributed by atoms with van der Waals surface area (Å²) < 4.78 is 7.78. The zero-order valence-corrected chi connectivity index (χ0v) is 16.5. The van der Waals surface area contributed by atoms with Crippen LogP contribution in [0, 0.1) is 11.3 Å². The van der Waals surface area contributed by atoms with Gasteiger partial charge >= 0.3 is 0 Å². The van der Waals surface area contributed by atoms with E-state index in [0.29, 0.717) is 18.8 Å². The molecule has 0 amide bonds. The molecule has 30 heavy (non-hydrogen) atoms. The van der Waals surface area contributed by atoms with Crippen LogP contribution in [-0.2, 0) is 11.3 Å². The van der Waals surface area contributed by atoms with Gasteiger partial charge in [0.25, 0.3) is 0 Å². The normalized spacial score (nSPS) is 14.0. The minimum Gasteiger partial charge on any atom is -0.378 e. The third kappa shape index (κ3) is 3.40. The van der Waals surface area contributed by atoms with Crippen LogP contribution in [0.15, 0.2) is 67.1 Å². The van der Waals surface area contributed by atoms with Gasteiger partial charge in [-0.05, 0) is 35.9 Å². The quantitative estimate of drug-likeness (QED) is 0.525. The van der Waals surface area contributed by atoms with E-state index in [1.807, 2.05) is 48.8 Å². The van der Waals surface area contributed by atoms with E-state index in [1.54, 1.807) is 0 Å². The summed E-state index contributed by atoms with van der Waals surface area (Å²) in [6.45, 7) is 3.75. The van der Waals surface area contributed by atoms with Crippen molar-refractivity contribution in [3.05, 3.63) is 78.2 Å². The summed E-state index contributed by atoms with van der Waals surface area (Å²) in [7, 11) is 0. The number of hydrogen-bond donors (Lipinski definition) is 0. The molecule has 6 nitrogen and oxygen atoms in total. The standard InChI is InChI=1S/C24H21N5O/c25-16-19-3-1-2-4-20(19)22-15-23-21(24(27-22)28-11-13-30-14-12-28)7-10-29(23)17-18-5-8-26-9-6-18/h1-10,15H,11-14,17H2. The van der Waals surface area contributed by atoms with Gasteiger partial charge in [-0.15, -0.1) is 0 Å². The highest BCUT2D eigenvalue weighted by molar-refractivity contribution is 5.94. The van der Waals surface area contributed by atoms with Crippen LogP contribution in [0.5, 0.6) is 0 Å². The molecule has 0 radical (unpaired) electrons. The fourth-order valence-electron chi connectivity index (χ4n) is 3.95. The third-order valence-electron chi connectivity index (χ3n) is 5.48. The number of nitriles is 1. The summed E-state index contributed by atoms with van der Waals surface area (Å²) in [6, 6.07) is 18.2. The summed E-state index contributed by atoms with van der Waals surface area (Å²) in [6.07, 6.45) is 5.74. The summed E-state index contributed by atoms with van der Waals surface area (Å²) in [5, 5.41) is 10.7. The van der Waals surface area contributed by atoms with Crippen LogP contribution in [0.4, 0.5) is 5.82 Å². The molecule has 4 heterocycles. The maximum absolute atomic E-state index is 9.60. The highest BCUT2D eigenvalue weighted by atomic mass is 16.5. The predicted molar refractivity (Wildman–Crippen MR) is 116 cm³/mol. The summed E-state index contributed by atoms with van der Waals surface area (Å²) in [5.41, 5.74) is 4.59. The molecular weight excluding hydrogens is 374 g/mol. The molecule has 6 heteroatoms. The first-order valence-corrected chi connectivity index (χ1v) is 10.0. The number of anilines is 1. The fourth-order valence-corrected chi connectivity index (χ4v) is 3.95. The molecule has 148 valence electrons. The number of benzene rings is 1. The van der Waals surface area contributed by atoms with Gasteiger partial charge in [0.2, 0.25) is 0 Å². The van der Waals surface area contributed by atoms with Crippen molar-refractivity contribution in [1.29, 1.82) is 5.26 Å².